The smallest absolute Gasteiger partial charge is 0.224 e. The fourth-order valence-electron chi connectivity index (χ4n) is 2.39. The van der Waals surface area contributed by atoms with Gasteiger partial charge in [-0.25, -0.2) is 17.2 Å². The van der Waals surface area contributed by atoms with Crippen molar-refractivity contribution in [3.8, 4) is 0 Å². The number of hydrogen-bond donors (Lipinski definition) is 1. The van der Waals surface area contributed by atoms with Crippen LogP contribution in [-0.2, 0) is 27.8 Å². The molecule has 0 fully saturated rings. The van der Waals surface area contributed by atoms with Gasteiger partial charge in [0.25, 0.3) is 0 Å². The zero-order chi connectivity index (χ0) is 19.2. The minimum atomic E-state index is -3.58. The Kier molecular flexibility index (Phi) is 6.82. The molecule has 0 saturated heterocycles. The molecule has 1 amide bonds. The zero-order valence-electron chi connectivity index (χ0n) is 14.3. The summed E-state index contributed by atoms with van der Waals surface area (Å²) in [6.45, 7) is -0.0526. The molecule has 0 heterocycles. The molecule has 2 rings (SSSR count). The first-order valence-electron chi connectivity index (χ1n) is 7.95. The number of carbonyl (C=O) groups is 1. The second kappa shape index (κ2) is 8.86. The molecule has 0 aromatic heterocycles. The van der Waals surface area contributed by atoms with Gasteiger partial charge >= 0.3 is 0 Å². The van der Waals surface area contributed by atoms with E-state index >= 15 is 0 Å². The lowest BCUT2D eigenvalue weighted by Crippen LogP contribution is -2.38. The maximum atomic E-state index is 13.7. The van der Waals surface area contributed by atoms with Crippen LogP contribution in [0.15, 0.2) is 48.5 Å². The lowest BCUT2D eigenvalue weighted by Gasteiger charge is -2.20. The largest absolute Gasteiger partial charge is 0.354 e. The fraction of sp³-hybridized carbons (Fsp3) is 0.278. The number of nitrogens with zero attached hydrogens (tertiary/aromatic N) is 1. The summed E-state index contributed by atoms with van der Waals surface area (Å²) in [5.74, 6) is -1.27. The number of nitrogens with one attached hydrogen (secondary N) is 1. The number of halogens is 2. The molecule has 0 atom stereocenters. The molecule has 0 aliphatic heterocycles. The minimum absolute atomic E-state index is 0.00204. The monoisotopic (exact) mass is 382 g/mol. The Morgan fingerprint density at radius 2 is 1.85 bits per heavy atom. The summed E-state index contributed by atoms with van der Waals surface area (Å²) in [7, 11) is -3.58. The third-order valence-corrected chi connectivity index (χ3v) is 4.96. The molecule has 0 spiro atoms. The predicted molar refractivity (Wildman–Crippen MR) is 94.8 cm³/mol. The van der Waals surface area contributed by atoms with Gasteiger partial charge in [-0.05, 0) is 23.8 Å². The second-order valence-electron chi connectivity index (χ2n) is 5.84. The SMILES string of the molecule is CS(=O)(=O)N(CCNC(=O)Cc1cccc(F)c1)Cc1ccccc1F. The lowest BCUT2D eigenvalue weighted by atomic mass is 10.1. The summed E-state index contributed by atoms with van der Waals surface area (Å²) in [4.78, 5) is 11.9. The van der Waals surface area contributed by atoms with Crippen LogP contribution in [0.25, 0.3) is 0 Å². The molecule has 0 unspecified atom stereocenters. The number of amides is 1. The summed E-state index contributed by atoms with van der Waals surface area (Å²) in [5, 5.41) is 2.59. The zero-order valence-corrected chi connectivity index (χ0v) is 15.1. The van der Waals surface area contributed by atoms with Crippen molar-refractivity contribution in [1.82, 2.24) is 9.62 Å². The molecule has 26 heavy (non-hydrogen) atoms. The molecule has 0 aliphatic rings. The van der Waals surface area contributed by atoms with E-state index in [1.807, 2.05) is 0 Å². The van der Waals surface area contributed by atoms with Crippen LogP contribution in [0, 0.1) is 11.6 Å². The maximum absolute atomic E-state index is 13.7. The van der Waals surface area contributed by atoms with Crippen LogP contribution < -0.4 is 5.32 Å². The van der Waals surface area contributed by atoms with Gasteiger partial charge in [-0.15, -0.1) is 0 Å². The van der Waals surface area contributed by atoms with E-state index in [0.29, 0.717) is 5.56 Å². The molecule has 0 radical (unpaired) electrons. The Labute approximate surface area is 151 Å². The summed E-state index contributed by atoms with van der Waals surface area (Å²) < 4.78 is 51.7. The third kappa shape index (κ3) is 6.20. The van der Waals surface area contributed by atoms with Gasteiger partial charge < -0.3 is 5.32 Å². The van der Waals surface area contributed by atoms with E-state index in [9.17, 15) is 22.0 Å². The van der Waals surface area contributed by atoms with Gasteiger partial charge in [-0.2, -0.15) is 4.31 Å². The van der Waals surface area contributed by atoms with E-state index in [-0.39, 0.29) is 37.5 Å². The highest BCUT2D eigenvalue weighted by Crippen LogP contribution is 2.12. The number of carbonyl (C=O) groups excluding carboxylic acids is 1. The Morgan fingerprint density at radius 1 is 1.12 bits per heavy atom. The van der Waals surface area contributed by atoms with Crippen LogP contribution in [0.5, 0.6) is 0 Å². The van der Waals surface area contributed by atoms with E-state index in [0.717, 1.165) is 10.6 Å². The van der Waals surface area contributed by atoms with Crippen LogP contribution in [-0.4, -0.2) is 38.0 Å². The van der Waals surface area contributed by atoms with Gasteiger partial charge in [0.2, 0.25) is 15.9 Å². The van der Waals surface area contributed by atoms with Gasteiger partial charge in [0, 0.05) is 25.2 Å². The van der Waals surface area contributed by atoms with Crippen molar-refractivity contribution in [3.63, 3.8) is 0 Å². The molecule has 2 aromatic carbocycles. The first-order valence-corrected chi connectivity index (χ1v) is 9.80. The van der Waals surface area contributed by atoms with Crippen molar-refractivity contribution >= 4 is 15.9 Å². The summed E-state index contributed by atoms with van der Waals surface area (Å²) in [6, 6.07) is 11.6. The van der Waals surface area contributed by atoms with Crippen molar-refractivity contribution in [2.24, 2.45) is 0 Å². The van der Waals surface area contributed by atoms with Gasteiger partial charge in [0.15, 0.2) is 0 Å². The molecule has 1 N–H and O–H groups in total. The molecule has 0 bridgehead atoms. The van der Waals surface area contributed by atoms with E-state index in [1.165, 1.54) is 36.4 Å². The van der Waals surface area contributed by atoms with Crippen molar-refractivity contribution < 1.29 is 22.0 Å². The molecule has 5 nitrogen and oxygen atoms in total. The Hall–Kier alpha value is -2.32. The molecule has 0 saturated carbocycles. The summed E-state index contributed by atoms with van der Waals surface area (Å²) in [5.41, 5.74) is 0.776. The Morgan fingerprint density at radius 3 is 2.50 bits per heavy atom. The topological polar surface area (TPSA) is 66.5 Å². The average Bonchev–Trinajstić information content (AvgIpc) is 2.54. The first-order chi connectivity index (χ1) is 12.3. The van der Waals surface area contributed by atoms with Crippen LogP contribution in [0.2, 0.25) is 0 Å². The quantitative estimate of drug-likeness (QED) is 0.760. The van der Waals surface area contributed by atoms with Gasteiger partial charge in [-0.1, -0.05) is 30.3 Å². The third-order valence-electron chi connectivity index (χ3n) is 3.71. The lowest BCUT2D eigenvalue weighted by molar-refractivity contribution is -0.120. The highest BCUT2D eigenvalue weighted by atomic mass is 32.2. The van der Waals surface area contributed by atoms with Crippen molar-refractivity contribution in [2.75, 3.05) is 19.3 Å². The number of hydrogen-bond acceptors (Lipinski definition) is 3. The molecular weight excluding hydrogens is 362 g/mol. The number of rotatable bonds is 8. The van der Waals surface area contributed by atoms with Crippen molar-refractivity contribution in [3.05, 3.63) is 71.3 Å². The second-order valence-corrected chi connectivity index (χ2v) is 7.83. The van der Waals surface area contributed by atoms with Crippen molar-refractivity contribution in [2.45, 2.75) is 13.0 Å². The average molecular weight is 382 g/mol. The van der Waals surface area contributed by atoms with E-state index < -0.39 is 21.7 Å². The Balaban J connectivity index is 1.91. The van der Waals surface area contributed by atoms with E-state index in [1.54, 1.807) is 12.1 Å². The van der Waals surface area contributed by atoms with Crippen LogP contribution in [0.3, 0.4) is 0 Å². The normalized spacial score (nSPS) is 11.5. The molecule has 140 valence electrons. The van der Waals surface area contributed by atoms with Crippen LogP contribution in [0.4, 0.5) is 8.78 Å². The number of sulfonamides is 1. The van der Waals surface area contributed by atoms with Crippen molar-refractivity contribution in [1.29, 1.82) is 0 Å². The first kappa shape index (κ1) is 20.0. The Bertz CT molecular complexity index is 872. The number of benzene rings is 2. The van der Waals surface area contributed by atoms with E-state index in [4.69, 9.17) is 0 Å². The van der Waals surface area contributed by atoms with Crippen LogP contribution in [0.1, 0.15) is 11.1 Å². The minimum Gasteiger partial charge on any atom is -0.354 e. The predicted octanol–water partition coefficient (Wildman–Crippen LogP) is 2.09. The molecular formula is C18H20F2N2O3S. The van der Waals surface area contributed by atoms with E-state index in [2.05, 4.69) is 5.32 Å². The highest BCUT2D eigenvalue weighted by molar-refractivity contribution is 7.88. The van der Waals surface area contributed by atoms with Crippen LogP contribution >= 0.6 is 0 Å². The molecule has 8 heteroatoms. The molecule has 2 aromatic rings. The molecule has 0 aliphatic carbocycles. The highest BCUT2D eigenvalue weighted by Gasteiger charge is 2.18. The van der Waals surface area contributed by atoms with Gasteiger partial charge in [0.1, 0.15) is 11.6 Å². The summed E-state index contributed by atoms with van der Waals surface area (Å²) >= 11 is 0. The fourth-order valence-corrected chi connectivity index (χ4v) is 3.19. The maximum Gasteiger partial charge on any atom is 0.224 e. The summed E-state index contributed by atoms with van der Waals surface area (Å²) in [6.07, 6.45) is 1.02. The standard InChI is InChI=1S/C18H20F2N2O3S/c1-26(24,25)22(13-15-6-2-3-8-17(15)20)10-9-21-18(23)12-14-5-4-7-16(19)11-14/h2-8,11H,9-10,12-13H2,1H3,(H,21,23). The van der Waals surface area contributed by atoms with Gasteiger partial charge in [-0.3, -0.25) is 4.79 Å². The van der Waals surface area contributed by atoms with Gasteiger partial charge in [0.05, 0.1) is 12.7 Å².